The van der Waals surface area contributed by atoms with Gasteiger partial charge in [0.25, 0.3) is 0 Å². The third kappa shape index (κ3) is 3.33. The maximum absolute atomic E-state index is 13.7. The minimum Gasteiger partial charge on any atom is -0.327 e. The van der Waals surface area contributed by atoms with Gasteiger partial charge in [0.2, 0.25) is 0 Å². The highest BCUT2D eigenvalue weighted by molar-refractivity contribution is 6.31. The van der Waals surface area contributed by atoms with Crippen molar-refractivity contribution in [2.75, 3.05) is 0 Å². The molecule has 1 unspecified atom stereocenters. The Labute approximate surface area is 117 Å². The van der Waals surface area contributed by atoms with E-state index >= 15 is 0 Å². The third-order valence-corrected chi connectivity index (χ3v) is 3.45. The monoisotopic (exact) mass is 281 g/mol. The van der Waals surface area contributed by atoms with E-state index in [1.807, 2.05) is 20.0 Å². The Kier molecular flexibility index (Phi) is 4.22. The van der Waals surface area contributed by atoms with E-state index in [0.717, 1.165) is 11.4 Å². The Morgan fingerprint density at radius 1 is 1.42 bits per heavy atom. The maximum Gasteiger partial charge on any atom is 0.127 e. The lowest BCUT2D eigenvalue weighted by Gasteiger charge is -2.13. The molecule has 0 aliphatic heterocycles. The van der Waals surface area contributed by atoms with Gasteiger partial charge in [0.1, 0.15) is 5.82 Å². The summed E-state index contributed by atoms with van der Waals surface area (Å²) in [5.74, 6) is -0.302. The van der Waals surface area contributed by atoms with Gasteiger partial charge in [-0.15, -0.1) is 0 Å². The molecule has 1 aromatic heterocycles. The second kappa shape index (κ2) is 5.72. The molecule has 3 nitrogen and oxygen atoms in total. The number of nitrogens with zero attached hydrogens (tertiary/aromatic N) is 2. The van der Waals surface area contributed by atoms with Crippen LogP contribution < -0.4 is 5.73 Å². The number of benzene rings is 1. The Morgan fingerprint density at radius 2 is 2.16 bits per heavy atom. The molecule has 0 radical (unpaired) electrons. The summed E-state index contributed by atoms with van der Waals surface area (Å²) >= 11 is 6.00. The first-order chi connectivity index (χ1) is 8.97. The van der Waals surface area contributed by atoms with E-state index in [1.165, 1.54) is 6.07 Å². The predicted molar refractivity (Wildman–Crippen MR) is 74.7 cm³/mol. The highest BCUT2D eigenvalue weighted by Gasteiger charge is 2.14. The summed E-state index contributed by atoms with van der Waals surface area (Å²) in [6.45, 7) is 1.93. The molecule has 0 spiro atoms. The second-order valence-electron chi connectivity index (χ2n) is 4.77. The van der Waals surface area contributed by atoms with Gasteiger partial charge in [-0.05, 0) is 31.5 Å². The Morgan fingerprint density at radius 3 is 2.74 bits per heavy atom. The van der Waals surface area contributed by atoms with Crippen LogP contribution in [0.4, 0.5) is 4.39 Å². The molecule has 5 heteroatoms. The number of aryl methyl sites for hydroxylation is 2. The van der Waals surface area contributed by atoms with Crippen LogP contribution in [0.3, 0.4) is 0 Å². The standard InChI is InChI=1S/C14H17ClFN3/c1-9-6-11(19(2)18-9)7-10(17)8-12-13(15)4-3-5-14(12)16/h3-6,10H,7-8,17H2,1-2H3. The van der Waals surface area contributed by atoms with Gasteiger partial charge < -0.3 is 5.73 Å². The van der Waals surface area contributed by atoms with Gasteiger partial charge in [-0.1, -0.05) is 17.7 Å². The van der Waals surface area contributed by atoms with Crippen LogP contribution in [0.1, 0.15) is 17.0 Å². The van der Waals surface area contributed by atoms with Crippen molar-refractivity contribution in [3.63, 3.8) is 0 Å². The summed E-state index contributed by atoms with van der Waals surface area (Å²) in [4.78, 5) is 0. The lowest BCUT2D eigenvalue weighted by molar-refractivity contribution is 0.572. The molecular weight excluding hydrogens is 265 g/mol. The van der Waals surface area contributed by atoms with Crippen LogP contribution in [0.5, 0.6) is 0 Å². The third-order valence-electron chi connectivity index (χ3n) is 3.10. The van der Waals surface area contributed by atoms with E-state index in [4.69, 9.17) is 17.3 Å². The first-order valence-electron chi connectivity index (χ1n) is 6.15. The fraction of sp³-hybridized carbons (Fsp3) is 0.357. The average Bonchev–Trinajstić information content (AvgIpc) is 2.63. The molecule has 0 fully saturated rings. The average molecular weight is 282 g/mol. The minimum absolute atomic E-state index is 0.191. The Bertz CT molecular complexity index is 560. The van der Waals surface area contributed by atoms with Crippen LogP contribution in [0.2, 0.25) is 5.02 Å². The summed E-state index contributed by atoms with van der Waals surface area (Å²) < 4.78 is 15.5. The van der Waals surface area contributed by atoms with Gasteiger partial charge in [-0.2, -0.15) is 5.10 Å². The molecule has 102 valence electrons. The number of halogens is 2. The maximum atomic E-state index is 13.7. The molecule has 2 aromatic rings. The molecule has 19 heavy (non-hydrogen) atoms. The van der Waals surface area contributed by atoms with E-state index in [1.54, 1.807) is 16.8 Å². The zero-order valence-electron chi connectivity index (χ0n) is 11.0. The van der Waals surface area contributed by atoms with Crippen LogP contribution in [0.15, 0.2) is 24.3 Å². The summed E-state index contributed by atoms with van der Waals surface area (Å²) in [6.07, 6.45) is 1.05. The van der Waals surface area contributed by atoms with Crippen LogP contribution in [-0.2, 0) is 19.9 Å². The van der Waals surface area contributed by atoms with E-state index in [9.17, 15) is 4.39 Å². The zero-order chi connectivity index (χ0) is 14.0. The Balaban J connectivity index is 2.09. The molecule has 0 saturated heterocycles. The van der Waals surface area contributed by atoms with Gasteiger partial charge in [-0.3, -0.25) is 4.68 Å². The smallest absolute Gasteiger partial charge is 0.127 e. The molecule has 0 saturated carbocycles. The molecule has 2 N–H and O–H groups in total. The lowest BCUT2D eigenvalue weighted by atomic mass is 10.0. The van der Waals surface area contributed by atoms with E-state index < -0.39 is 0 Å². The highest BCUT2D eigenvalue weighted by Crippen LogP contribution is 2.21. The first-order valence-corrected chi connectivity index (χ1v) is 6.53. The van der Waals surface area contributed by atoms with Crippen molar-refractivity contribution >= 4 is 11.6 Å². The number of rotatable bonds is 4. The molecule has 0 aliphatic carbocycles. The Hall–Kier alpha value is -1.39. The van der Waals surface area contributed by atoms with Crippen molar-refractivity contribution < 1.29 is 4.39 Å². The van der Waals surface area contributed by atoms with Crippen molar-refractivity contribution in [2.24, 2.45) is 12.8 Å². The van der Waals surface area contributed by atoms with E-state index in [2.05, 4.69) is 5.10 Å². The van der Waals surface area contributed by atoms with Crippen molar-refractivity contribution in [1.29, 1.82) is 0 Å². The normalized spacial score (nSPS) is 12.7. The van der Waals surface area contributed by atoms with Crippen molar-refractivity contribution in [1.82, 2.24) is 9.78 Å². The molecule has 1 heterocycles. The number of nitrogens with two attached hydrogens (primary N) is 1. The van der Waals surface area contributed by atoms with Gasteiger partial charge in [-0.25, -0.2) is 4.39 Å². The van der Waals surface area contributed by atoms with Crippen molar-refractivity contribution in [3.05, 3.63) is 52.1 Å². The number of hydrogen-bond acceptors (Lipinski definition) is 2. The molecule has 0 bridgehead atoms. The van der Waals surface area contributed by atoms with Crippen LogP contribution in [-0.4, -0.2) is 15.8 Å². The fourth-order valence-electron chi connectivity index (χ4n) is 2.19. The van der Waals surface area contributed by atoms with Crippen LogP contribution >= 0.6 is 11.6 Å². The quantitative estimate of drug-likeness (QED) is 0.936. The number of hydrogen-bond donors (Lipinski definition) is 1. The summed E-state index contributed by atoms with van der Waals surface area (Å²) in [6, 6.07) is 6.48. The summed E-state index contributed by atoms with van der Waals surface area (Å²) in [7, 11) is 1.88. The molecule has 1 aromatic carbocycles. The topological polar surface area (TPSA) is 43.8 Å². The first kappa shape index (κ1) is 14.0. The molecular formula is C14H17ClFN3. The van der Waals surface area contributed by atoms with Gasteiger partial charge in [0, 0.05) is 35.8 Å². The number of aromatic nitrogens is 2. The van der Waals surface area contributed by atoms with Gasteiger partial charge in [0.05, 0.1) is 5.69 Å². The lowest BCUT2D eigenvalue weighted by Crippen LogP contribution is -2.27. The molecule has 1 atom stereocenters. The van der Waals surface area contributed by atoms with Gasteiger partial charge in [0.15, 0.2) is 0 Å². The molecule has 0 amide bonds. The van der Waals surface area contributed by atoms with Crippen LogP contribution in [0, 0.1) is 12.7 Å². The van der Waals surface area contributed by atoms with E-state index in [0.29, 0.717) is 23.4 Å². The fourth-order valence-corrected chi connectivity index (χ4v) is 2.43. The SMILES string of the molecule is Cc1cc(CC(N)Cc2c(F)cccc2Cl)n(C)n1. The summed E-state index contributed by atoms with van der Waals surface area (Å²) in [5.41, 5.74) is 8.56. The zero-order valence-corrected chi connectivity index (χ0v) is 11.8. The molecule has 2 rings (SSSR count). The van der Waals surface area contributed by atoms with Gasteiger partial charge >= 0.3 is 0 Å². The van der Waals surface area contributed by atoms with Crippen molar-refractivity contribution in [2.45, 2.75) is 25.8 Å². The van der Waals surface area contributed by atoms with E-state index in [-0.39, 0.29) is 11.9 Å². The second-order valence-corrected chi connectivity index (χ2v) is 5.18. The predicted octanol–water partition coefficient (Wildman–Crippen LogP) is 2.63. The molecule has 0 aliphatic rings. The van der Waals surface area contributed by atoms with Crippen molar-refractivity contribution in [3.8, 4) is 0 Å². The summed E-state index contributed by atoms with van der Waals surface area (Å²) in [5, 5.41) is 4.69. The largest absolute Gasteiger partial charge is 0.327 e. The van der Waals surface area contributed by atoms with Crippen LogP contribution in [0.25, 0.3) is 0 Å². The highest BCUT2D eigenvalue weighted by atomic mass is 35.5. The minimum atomic E-state index is -0.302.